The van der Waals surface area contributed by atoms with Gasteiger partial charge in [-0.05, 0) is 52.3 Å². The van der Waals surface area contributed by atoms with Crippen molar-refractivity contribution in [1.29, 1.82) is 0 Å². The second-order valence-electron chi connectivity index (χ2n) is 3.87. The van der Waals surface area contributed by atoms with Gasteiger partial charge < -0.3 is 10.1 Å². The summed E-state index contributed by atoms with van der Waals surface area (Å²) < 4.78 is 5.96. The molecule has 0 atom stereocenters. The number of anilines is 1. The second-order valence-corrected chi connectivity index (χ2v) is 5.84. The fraction of sp³-hybridized carbons (Fsp3) is 0.143. The highest BCUT2D eigenvalue weighted by Crippen LogP contribution is 2.21. The molecule has 0 spiro atoms. The van der Waals surface area contributed by atoms with Crippen LogP contribution in [-0.2, 0) is 4.79 Å². The van der Waals surface area contributed by atoms with E-state index in [0.29, 0.717) is 11.6 Å². The summed E-state index contributed by atoms with van der Waals surface area (Å²) in [6, 6.07) is 11.2. The molecule has 104 valence electrons. The Morgan fingerprint density at radius 1 is 1.30 bits per heavy atom. The SMILES string of the molecule is COc1ccc(SCC(=O)Nc2ccc(Br)cn2)cc1. The van der Waals surface area contributed by atoms with E-state index in [1.807, 2.05) is 30.3 Å². The van der Waals surface area contributed by atoms with E-state index in [-0.39, 0.29) is 5.91 Å². The van der Waals surface area contributed by atoms with E-state index in [1.54, 1.807) is 19.4 Å². The van der Waals surface area contributed by atoms with Crippen LogP contribution in [0.5, 0.6) is 5.75 Å². The number of hydrogen-bond donors (Lipinski definition) is 1. The molecule has 0 aliphatic heterocycles. The van der Waals surface area contributed by atoms with Crippen LogP contribution in [0, 0.1) is 0 Å². The molecule has 0 saturated carbocycles. The summed E-state index contributed by atoms with van der Waals surface area (Å²) in [5, 5.41) is 2.75. The van der Waals surface area contributed by atoms with Crippen LogP contribution in [0.4, 0.5) is 5.82 Å². The van der Waals surface area contributed by atoms with Gasteiger partial charge in [-0.25, -0.2) is 4.98 Å². The van der Waals surface area contributed by atoms with Crippen molar-refractivity contribution in [3.63, 3.8) is 0 Å². The maximum atomic E-state index is 11.8. The van der Waals surface area contributed by atoms with Crippen molar-refractivity contribution in [3.05, 3.63) is 47.1 Å². The molecule has 0 bridgehead atoms. The highest BCUT2D eigenvalue weighted by Gasteiger charge is 2.04. The quantitative estimate of drug-likeness (QED) is 0.835. The van der Waals surface area contributed by atoms with E-state index in [9.17, 15) is 4.79 Å². The van der Waals surface area contributed by atoms with Gasteiger partial charge in [0.05, 0.1) is 12.9 Å². The van der Waals surface area contributed by atoms with Gasteiger partial charge in [0.1, 0.15) is 11.6 Å². The third-order valence-electron chi connectivity index (χ3n) is 2.42. The predicted octanol–water partition coefficient (Wildman–Crippen LogP) is 3.58. The van der Waals surface area contributed by atoms with Crippen LogP contribution in [0.3, 0.4) is 0 Å². The maximum Gasteiger partial charge on any atom is 0.235 e. The number of amides is 1. The summed E-state index contributed by atoms with van der Waals surface area (Å²) in [7, 11) is 1.63. The first kappa shape index (κ1) is 14.9. The normalized spacial score (nSPS) is 10.1. The average Bonchev–Trinajstić information content (AvgIpc) is 2.48. The molecule has 0 saturated heterocycles. The zero-order valence-corrected chi connectivity index (χ0v) is 13.2. The lowest BCUT2D eigenvalue weighted by Crippen LogP contribution is -2.14. The van der Waals surface area contributed by atoms with E-state index in [1.165, 1.54) is 11.8 Å². The molecule has 0 aliphatic carbocycles. The molecule has 0 unspecified atom stereocenters. The van der Waals surface area contributed by atoms with Crippen molar-refractivity contribution in [3.8, 4) is 5.75 Å². The first-order valence-corrected chi connectivity index (χ1v) is 7.63. The summed E-state index contributed by atoms with van der Waals surface area (Å²) in [5.74, 6) is 1.61. The number of nitrogens with zero attached hydrogens (tertiary/aromatic N) is 1. The van der Waals surface area contributed by atoms with Gasteiger partial charge in [0.15, 0.2) is 0 Å². The average molecular weight is 353 g/mol. The molecule has 20 heavy (non-hydrogen) atoms. The molecule has 0 radical (unpaired) electrons. The first-order chi connectivity index (χ1) is 9.67. The smallest absolute Gasteiger partial charge is 0.235 e. The molecule has 2 aromatic rings. The van der Waals surface area contributed by atoms with Crippen LogP contribution in [0.15, 0.2) is 52.0 Å². The molecule has 1 amide bonds. The number of hydrogen-bond acceptors (Lipinski definition) is 4. The molecule has 0 aliphatic rings. The zero-order valence-electron chi connectivity index (χ0n) is 10.8. The Hall–Kier alpha value is -1.53. The number of pyridine rings is 1. The molecular formula is C14H13BrN2O2S. The first-order valence-electron chi connectivity index (χ1n) is 5.85. The van der Waals surface area contributed by atoms with Crippen LogP contribution in [0.25, 0.3) is 0 Å². The summed E-state index contributed by atoms with van der Waals surface area (Å²) >= 11 is 4.76. The largest absolute Gasteiger partial charge is 0.497 e. The minimum Gasteiger partial charge on any atom is -0.497 e. The lowest BCUT2D eigenvalue weighted by Gasteiger charge is -2.05. The van der Waals surface area contributed by atoms with Gasteiger partial charge in [-0.3, -0.25) is 4.79 Å². The number of carbonyl (C=O) groups excluding carboxylic acids is 1. The van der Waals surface area contributed by atoms with Crippen molar-refractivity contribution in [2.45, 2.75) is 4.90 Å². The number of methoxy groups -OCH3 is 1. The Morgan fingerprint density at radius 2 is 2.05 bits per heavy atom. The van der Waals surface area contributed by atoms with Gasteiger partial charge in [-0.1, -0.05) is 0 Å². The Morgan fingerprint density at radius 3 is 2.65 bits per heavy atom. The molecule has 1 aromatic carbocycles. The van der Waals surface area contributed by atoms with Crippen LogP contribution >= 0.6 is 27.7 Å². The predicted molar refractivity (Wildman–Crippen MR) is 84.3 cm³/mol. The highest BCUT2D eigenvalue weighted by molar-refractivity contribution is 9.10. The summed E-state index contributed by atoms with van der Waals surface area (Å²) in [4.78, 5) is 16.9. The van der Waals surface area contributed by atoms with Crippen LogP contribution in [0.2, 0.25) is 0 Å². The lowest BCUT2D eigenvalue weighted by molar-refractivity contribution is -0.113. The Bertz CT molecular complexity index is 573. The van der Waals surface area contributed by atoms with E-state index in [0.717, 1.165) is 15.1 Å². The Kier molecular flexibility index (Phi) is 5.43. The highest BCUT2D eigenvalue weighted by atomic mass is 79.9. The van der Waals surface area contributed by atoms with Gasteiger partial charge in [0.2, 0.25) is 5.91 Å². The van der Waals surface area contributed by atoms with Gasteiger partial charge in [0.25, 0.3) is 0 Å². The molecular weight excluding hydrogens is 340 g/mol. The maximum absolute atomic E-state index is 11.8. The number of benzene rings is 1. The second kappa shape index (κ2) is 7.31. The van der Waals surface area contributed by atoms with Crippen molar-refractivity contribution in [2.75, 3.05) is 18.2 Å². The molecule has 1 heterocycles. The molecule has 2 rings (SSSR count). The molecule has 0 fully saturated rings. The van der Waals surface area contributed by atoms with Gasteiger partial charge in [-0.2, -0.15) is 0 Å². The minimum atomic E-state index is -0.0827. The van der Waals surface area contributed by atoms with Crippen molar-refractivity contribution < 1.29 is 9.53 Å². The van der Waals surface area contributed by atoms with Crippen molar-refractivity contribution in [1.82, 2.24) is 4.98 Å². The number of thioether (sulfide) groups is 1. The molecule has 1 N–H and O–H groups in total. The molecule has 1 aromatic heterocycles. The Labute approximate surface area is 130 Å². The zero-order chi connectivity index (χ0) is 14.4. The summed E-state index contributed by atoms with van der Waals surface area (Å²) in [6.07, 6.45) is 1.65. The topological polar surface area (TPSA) is 51.2 Å². The number of ether oxygens (including phenoxy) is 1. The monoisotopic (exact) mass is 352 g/mol. The number of nitrogens with one attached hydrogen (secondary N) is 1. The molecule has 4 nitrogen and oxygen atoms in total. The van der Waals surface area contributed by atoms with Crippen molar-refractivity contribution >= 4 is 39.4 Å². The van der Waals surface area contributed by atoms with Crippen LogP contribution < -0.4 is 10.1 Å². The van der Waals surface area contributed by atoms with Crippen LogP contribution in [0.1, 0.15) is 0 Å². The third-order valence-corrected chi connectivity index (χ3v) is 3.91. The van der Waals surface area contributed by atoms with Crippen molar-refractivity contribution in [2.24, 2.45) is 0 Å². The molecule has 6 heteroatoms. The van der Waals surface area contributed by atoms with E-state index < -0.39 is 0 Å². The van der Waals surface area contributed by atoms with Gasteiger partial charge >= 0.3 is 0 Å². The Balaban J connectivity index is 1.83. The van der Waals surface area contributed by atoms with E-state index in [4.69, 9.17) is 4.74 Å². The van der Waals surface area contributed by atoms with Gasteiger partial charge in [-0.15, -0.1) is 11.8 Å². The third kappa shape index (κ3) is 4.54. The van der Waals surface area contributed by atoms with E-state index in [2.05, 4.69) is 26.2 Å². The summed E-state index contributed by atoms with van der Waals surface area (Å²) in [6.45, 7) is 0. The number of aromatic nitrogens is 1. The summed E-state index contributed by atoms with van der Waals surface area (Å²) in [5.41, 5.74) is 0. The minimum absolute atomic E-state index is 0.0827. The lowest BCUT2D eigenvalue weighted by atomic mass is 10.3. The van der Waals surface area contributed by atoms with E-state index >= 15 is 0 Å². The number of rotatable bonds is 5. The number of halogens is 1. The van der Waals surface area contributed by atoms with Crippen LogP contribution in [-0.4, -0.2) is 23.8 Å². The fourth-order valence-corrected chi connectivity index (χ4v) is 2.38. The fourth-order valence-electron chi connectivity index (χ4n) is 1.45. The number of carbonyl (C=O) groups is 1. The van der Waals surface area contributed by atoms with Gasteiger partial charge in [0, 0.05) is 15.6 Å². The standard InChI is InChI=1S/C14H13BrN2O2S/c1-19-11-3-5-12(6-4-11)20-9-14(18)17-13-7-2-10(15)8-16-13/h2-8H,9H2,1H3,(H,16,17,18).